The van der Waals surface area contributed by atoms with E-state index in [1.165, 1.54) is 10.8 Å². The van der Waals surface area contributed by atoms with Gasteiger partial charge in [0, 0.05) is 11.4 Å². The topological polar surface area (TPSA) is 30.7 Å². The summed E-state index contributed by atoms with van der Waals surface area (Å²) in [4.78, 5) is 0. The Morgan fingerprint density at radius 1 is 1.06 bits per heavy atom. The minimum Gasteiger partial charge on any atom is -0.242 e. The first kappa shape index (κ1) is 9.33. The number of fused-ring (bicyclic) bond motifs is 3. The first-order valence-electron chi connectivity index (χ1n) is 5.50. The standard InChI is InChI=1S/C13H13N3/c1-9(2)16-12-8-7-10-5-3-4-6-11(10)13(12)14-15-16/h3-9H,1-2H3. The van der Waals surface area contributed by atoms with Gasteiger partial charge in [0.25, 0.3) is 0 Å². The number of nitrogens with zero attached hydrogens (tertiary/aromatic N) is 3. The second-order valence-corrected chi connectivity index (χ2v) is 4.28. The fourth-order valence-corrected chi connectivity index (χ4v) is 2.06. The van der Waals surface area contributed by atoms with Gasteiger partial charge in [-0.2, -0.15) is 0 Å². The van der Waals surface area contributed by atoms with Crippen molar-refractivity contribution in [2.24, 2.45) is 0 Å². The highest BCUT2D eigenvalue weighted by atomic mass is 15.4. The molecular formula is C13H13N3. The molecule has 16 heavy (non-hydrogen) atoms. The van der Waals surface area contributed by atoms with Crippen LogP contribution in [0.1, 0.15) is 19.9 Å². The molecule has 3 aromatic rings. The van der Waals surface area contributed by atoms with Gasteiger partial charge in [-0.1, -0.05) is 35.5 Å². The zero-order valence-electron chi connectivity index (χ0n) is 9.38. The van der Waals surface area contributed by atoms with E-state index in [2.05, 4.69) is 48.4 Å². The molecule has 0 atom stereocenters. The second-order valence-electron chi connectivity index (χ2n) is 4.28. The van der Waals surface area contributed by atoms with E-state index in [9.17, 15) is 0 Å². The predicted molar refractivity (Wildman–Crippen MR) is 65.4 cm³/mol. The van der Waals surface area contributed by atoms with Crippen molar-refractivity contribution in [3.8, 4) is 0 Å². The van der Waals surface area contributed by atoms with E-state index in [-0.39, 0.29) is 0 Å². The summed E-state index contributed by atoms with van der Waals surface area (Å²) in [6.07, 6.45) is 0. The largest absolute Gasteiger partial charge is 0.242 e. The monoisotopic (exact) mass is 211 g/mol. The number of hydrogen-bond donors (Lipinski definition) is 0. The Balaban J connectivity index is 2.45. The summed E-state index contributed by atoms with van der Waals surface area (Å²) in [7, 11) is 0. The van der Waals surface area contributed by atoms with Crippen LogP contribution in [0.3, 0.4) is 0 Å². The third-order valence-electron chi connectivity index (χ3n) is 2.86. The molecule has 0 saturated heterocycles. The third kappa shape index (κ3) is 1.21. The highest BCUT2D eigenvalue weighted by Crippen LogP contribution is 2.24. The maximum atomic E-state index is 4.28. The lowest BCUT2D eigenvalue weighted by Gasteiger charge is -2.05. The Hall–Kier alpha value is -1.90. The predicted octanol–water partition coefficient (Wildman–Crippen LogP) is 3.17. The fraction of sp³-hybridized carbons (Fsp3) is 0.231. The van der Waals surface area contributed by atoms with Crippen molar-refractivity contribution in [2.45, 2.75) is 19.9 Å². The molecule has 0 spiro atoms. The van der Waals surface area contributed by atoms with Crippen LogP contribution in [0.2, 0.25) is 0 Å². The van der Waals surface area contributed by atoms with Gasteiger partial charge in [-0.05, 0) is 25.3 Å². The molecule has 1 heterocycles. The Kier molecular flexibility index (Phi) is 1.93. The van der Waals surface area contributed by atoms with Crippen molar-refractivity contribution in [2.75, 3.05) is 0 Å². The summed E-state index contributed by atoms with van der Waals surface area (Å²) in [5.41, 5.74) is 2.10. The van der Waals surface area contributed by atoms with Gasteiger partial charge >= 0.3 is 0 Å². The summed E-state index contributed by atoms with van der Waals surface area (Å²) in [5.74, 6) is 0. The van der Waals surface area contributed by atoms with Crippen LogP contribution in [-0.4, -0.2) is 15.0 Å². The van der Waals surface area contributed by atoms with Crippen molar-refractivity contribution in [3.63, 3.8) is 0 Å². The van der Waals surface area contributed by atoms with Gasteiger partial charge in [0.2, 0.25) is 0 Å². The van der Waals surface area contributed by atoms with Crippen molar-refractivity contribution in [3.05, 3.63) is 36.4 Å². The average molecular weight is 211 g/mol. The average Bonchev–Trinajstić information content (AvgIpc) is 2.73. The molecule has 0 unspecified atom stereocenters. The summed E-state index contributed by atoms with van der Waals surface area (Å²) >= 11 is 0. The first-order chi connectivity index (χ1) is 7.77. The molecule has 0 aliphatic rings. The lowest BCUT2D eigenvalue weighted by molar-refractivity contribution is 0.530. The summed E-state index contributed by atoms with van der Waals surface area (Å²) in [6.45, 7) is 4.23. The zero-order chi connectivity index (χ0) is 11.1. The molecule has 3 heteroatoms. The van der Waals surface area contributed by atoms with Crippen LogP contribution in [0.4, 0.5) is 0 Å². The molecule has 0 aliphatic heterocycles. The molecule has 0 aliphatic carbocycles. The van der Waals surface area contributed by atoms with E-state index >= 15 is 0 Å². The third-order valence-corrected chi connectivity index (χ3v) is 2.86. The van der Waals surface area contributed by atoms with Gasteiger partial charge in [0.1, 0.15) is 5.52 Å². The lowest BCUT2D eigenvalue weighted by Crippen LogP contribution is -2.02. The molecule has 0 bridgehead atoms. The van der Waals surface area contributed by atoms with Crippen LogP contribution < -0.4 is 0 Å². The maximum absolute atomic E-state index is 4.28. The number of hydrogen-bond acceptors (Lipinski definition) is 2. The fourth-order valence-electron chi connectivity index (χ4n) is 2.06. The molecule has 2 aromatic carbocycles. The minimum atomic E-state index is 0.339. The van der Waals surface area contributed by atoms with Crippen LogP contribution in [-0.2, 0) is 0 Å². The summed E-state index contributed by atoms with van der Waals surface area (Å²) in [5, 5.41) is 10.9. The van der Waals surface area contributed by atoms with Crippen molar-refractivity contribution in [1.82, 2.24) is 15.0 Å². The molecule has 0 amide bonds. The number of rotatable bonds is 1. The molecule has 3 rings (SSSR count). The molecule has 3 nitrogen and oxygen atoms in total. The Bertz CT molecular complexity index is 652. The molecule has 0 radical (unpaired) electrons. The summed E-state index contributed by atoms with van der Waals surface area (Å²) < 4.78 is 1.96. The van der Waals surface area contributed by atoms with Crippen LogP contribution in [0.25, 0.3) is 21.8 Å². The van der Waals surface area contributed by atoms with Crippen LogP contribution in [0, 0.1) is 0 Å². The minimum absolute atomic E-state index is 0.339. The van der Waals surface area contributed by atoms with E-state index in [4.69, 9.17) is 0 Å². The van der Waals surface area contributed by atoms with Gasteiger partial charge in [-0.15, -0.1) is 5.10 Å². The summed E-state index contributed by atoms with van der Waals surface area (Å²) in [6, 6.07) is 12.8. The maximum Gasteiger partial charge on any atom is 0.121 e. The van der Waals surface area contributed by atoms with E-state index in [0.29, 0.717) is 6.04 Å². The van der Waals surface area contributed by atoms with Crippen LogP contribution in [0.5, 0.6) is 0 Å². The highest BCUT2D eigenvalue weighted by molar-refractivity contribution is 6.03. The Morgan fingerprint density at radius 2 is 1.88 bits per heavy atom. The van der Waals surface area contributed by atoms with Gasteiger partial charge in [0.05, 0.1) is 5.52 Å². The molecule has 1 aromatic heterocycles. The quantitative estimate of drug-likeness (QED) is 0.619. The smallest absolute Gasteiger partial charge is 0.121 e. The van der Waals surface area contributed by atoms with Gasteiger partial charge < -0.3 is 0 Å². The van der Waals surface area contributed by atoms with Gasteiger partial charge in [-0.25, -0.2) is 4.68 Å². The highest BCUT2D eigenvalue weighted by Gasteiger charge is 2.09. The van der Waals surface area contributed by atoms with Gasteiger partial charge in [0.15, 0.2) is 0 Å². The van der Waals surface area contributed by atoms with E-state index in [0.717, 1.165) is 11.0 Å². The molecule has 0 saturated carbocycles. The van der Waals surface area contributed by atoms with E-state index < -0.39 is 0 Å². The Morgan fingerprint density at radius 3 is 2.69 bits per heavy atom. The second kappa shape index (κ2) is 3.30. The lowest BCUT2D eigenvalue weighted by atomic mass is 10.1. The van der Waals surface area contributed by atoms with Gasteiger partial charge in [-0.3, -0.25) is 0 Å². The first-order valence-corrected chi connectivity index (χ1v) is 5.50. The zero-order valence-corrected chi connectivity index (χ0v) is 9.38. The molecular weight excluding hydrogens is 198 g/mol. The number of benzene rings is 2. The number of aromatic nitrogens is 3. The van der Waals surface area contributed by atoms with Crippen molar-refractivity contribution in [1.29, 1.82) is 0 Å². The normalized spacial score (nSPS) is 11.7. The SMILES string of the molecule is CC(C)n1nnc2c3ccccc3ccc21. The van der Waals surface area contributed by atoms with Crippen molar-refractivity contribution < 1.29 is 0 Å². The Labute approximate surface area is 93.7 Å². The van der Waals surface area contributed by atoms with Crippen molar-refractivity contribution >= 4 is 21.8 Å². The molecule has 0 N–H and O–H groups in total. The molecule has 0 fully saturated rings. The van der Waals surface area contributed by atoms with E-state index in [1.807, 2.05) is 16.8 Å². The van der Waals surface area contributed by atoms with Crippen LogP contribution in [0.15, 0.2) is 36.4 Å². The van der Waals surface area contributed by atoms with E-state index in [1.54, 1.807) is 0 Å². The van der Waals surface area contributed by atoms with Crippen LogP contribution >= 0.6 is 0 Å². The molecule has 80 valence electrons.